The highest BCUT2D eigenvalue weighted by Gasteiger charge is 2.29. The lowest BCUT2D eigenvalue weighted by Crippen LogP contribution is -2.46. The largest absolute Gasteiger partial charge is 0.480 e. The molecule has 0 aliphatic carbocycles. The van der Waals surface area contributed by atoms with Gasteiger partial charge in [0.1, 0.15) is 6.04 Å². The number of hydrogen-bond acceptors (Lipinski definition) is 3. The van der Waals surface area contributed by atoms with E-state index >= 15 is 0 Å². The van der Waals surface area contributed by atoms with E-state index in [2.05, 4.69) is 0 Å². The fraction of sp³-hybridized carbons (Fsp3) is 0.467. The maximum atomic E-state index is 12.2. The monoisotopic (exact) mass is 279 g/mol. The molecule has 1 rings (SSSR count). The molecule has 0 aromatic heterocycles. The van der Waals surface area contributed by atoms with Gasteiger partial charge in [-0.25, -0.2) is 4.79 Å². The number of ether oxygens (including phenoxy) is 1. The van der Waals surface area contributed by atoms with Gasteiger partial charge in [0, 0.05) is 20.6 Å². The quantitative estimate of drug-likeness (QED) is 0.819. The minimum atomic E-state index is -1.01. The van der Waals surface area contributed by atoms with Crippen LogP contribution < -0.4 is 0 Å². The predicted octanol–water partition coefficient (Wildman–Crippen LogP) is 1.42. The van der Waals surface area contributed by atoms with E-state index in [0.29, 0.717) is 0 Å². The molecular formula is C15H21NO4. The zero-order chi connectivity index (χ0) is 15.1. The molecule has 0 spiro atoms. The van der Waals surface area contributed by atoms with Crippen molar-refractivity contribution in [2.45, 2.75) is 19.4 Å². The number of amides is 1. The maximum absolute atomic E-state index is 12.2. The summed E-state index contributed by atoms with van der Waals surface area (Å²) in [7, 11) is 3.04. The molecule has 0 heterocycles. The Bertz CT molecular complexity index is 446. The second-order valence-corrected chi connectivity index (χ2v) is 4.85. The number of carboxylic acids is 1. The van der Waals surface area contributed by atoms with Crippen molar-refractivity contribution in [3.8, 4) is 0 Å². The molecule has 5 heteroatoms. The summed E-state index contributed by atoms with van der Waals surface area (Å²) in [6, 6.07) is 8.41. The molecule has 1 aromatic rings. The molecule has 0 radical (unpaired) electrons. The van der Waals surface area contributed by atoms with Gasteiger partial charge in [-0.3, -0.25) is 4.79 Å². The summed E-state index contributed by atoms with van der Waals surface area (Å²) in [5.74, 6) is -1.59. The third kappa shape index (κ3) is 4.35. The average molecular weight is 279 g/mol. The summed E-state index contributed by atoms with van der Waals surface area (Å²) in [5.41, 5.74) is 0.888. The standard InChI is InChI=1S/C15H21NO4/c1-11(10-20-3)14(17)16(2)13(15(18)19)9-12-7-5-4-6-8-12/h4-8,11,13H,9-10H2,1-3H3,(H,18,19). The molecule has 1 aromatic carbocycles. The Morgan fingerprint density at radius 2 is 1.90 bits per heavy atom. The molecule has 0 saturated heterocycles. The van der Waals surface area contributed by atoms with E-state index in [4.69, 9.17) is 4.74 Å². The number of benzene rings is 1. The number of carboxylic acid groups (broad SMARTS) is 1. The van der Waals surface area contributed by atoms with Crippen molar-refractivity contribution in [1.82, 2.24) is 4.90 Å². The first-order valence-corrected chi connectivity index (χ1v) is 6.49. The number of carbonyl (C=O) groups is 2. The van der Waals surface area contributed by atoms with E-state index in [1.807, 2.05) is 30.3 Å². The lowest BCUT2D eigenvalue weighted by molar-refractivity contribution is -0.151. The summed E-state index contributed by atoms with van der Waals surface area (Å²) < 4.78 is 4.94. The van der Waals surface area contributed by atoms with Crippen LogP contribution in [0.4, 0.5) is 0 Å². The zero-order valence-electron chi connectivity index (χ0n) is 12.1. The number of rotatable bonds is 7. The lowest BCUT2D eigenvalue weighted by Gasteiger charge is -2.27. The molecule has 0 bridgehead atoms. The van der Waals surface area contributed by atoms with Crippen LogP contribution >= 0.6 is 0 Å². The summed E-state index contributed by atoms with van der Waals surface area (Å²) in [6.45, 7) is 2.00. The van der Waals surface area contributed by atoms with Crippen molar-refractivity contribution in [3.05, 3.63) is 35.9 Å². The first kappa shape index (κ1) is 16.2. The van der Waals surface area contributed by atoms with Gasteiger partial charge in [-0.15, -0.1) is 0 Å². The van der Waals surface area contributed by atoms with E-state index in [1.165, 1.54) is 19.1 Å². The number of aliphatic carboxylic acids is 1. The highest BCUT2D eigenvalue weighted by Crippen LogP contribution is 2.11. The van der Waals surface area contributed by atoms with Gasteiger partial charge in [0.05, 0.1) is 12.5 Å². The van der Waals surface area contributed by atoms with Gasteiger partial charge in [0.25, 0.3) is 0 Å². The summed E-state index contributed by atoms with van der Waals surface area (Å²) >= 11 is 0. The smallest absolute Gasteiger partial charge is 0.326 e. The van der Waals surface area contributed by atoms with E-state index in [0.717, 1.165) is 5.56 Å². The number of methoxy groups -OCH3 is 1. The Labute approximate surface area is 119 Å². The van der Waals surface area contributed by atoms with Crippen molar-refractivity contribution < 1.29 is 19.4 Å². The fourth-order valence-corrected chi connectivity index (χ4v) is 2.05. The summed E-state index contributed by atoms with van der Waals surface area (Å²) in [4.78, 5) is 24.8. The zero-order valence-corrected chi connectivity index (χ0v) is 12.1. The van der Waals surface area contributed by atoms with E-state index in [1.54, 1.807) is 6.92 Å². The highest BCUT2D eigenvalue weighted by molar-refractivity contribution is 5.85. The molecule has 1 amide bonds. The molecule has 20 heavy (non-hydrogen) atoms. The molecule has 0 aliphatic heterocycles. The van der Waals surface area contributed by atoms with Crippen molar-refractivity contribution >= 4 is 11.9 Å². The third-order valence-corrected chi connectivity index (χ3v) is 3.21. The SMILES string of the molecule is COCC(C)C(=O)N(C)C(Cc1ccccc1)C(=O)O. The molecule has 0 saturated carbocycles. The second-order valence-electron chi connectivity index (χ2n) is 4.85. The van der Waals surface area contributed by atoms with Crippen molar-refractivity contribution in [2.24, 2.45) is 5.92 Å². The Morgan fingerprint density at radius 1 is 1.30 bits per heavy atom. The molecular weight excluding hydrogens is 258 g/mol. The van der Waals surface area contributed by atoms with Gasteiger partial charge in [-0.1, -0.05) is 37.3 Å². The Morgan fingerprint density at radius 3 is 2.40 bits per heavy atom. The fourth-order valence-electron chi connectivity index (χ4n) is 2.05. The van der Waals surface area contributed by atoms with Gasteiger partial charge in [-0.05, 0) is 5.56 Å². The van der Waals surface area contributed by atoms with Gasteiger partial charge < -0.3 is 14.7 Å². The first-order chi connectivity index (χ1) is 9.47. The van der Waals surface area contributed by atoms with Crippen LogP contribution in [-0.4, -0.2) is 48.7 Å². The topological polar surface area (TPSA) is 66.8 Å². The highest BCUT2D eigenvalue weighted by atomic mass is 16.5. The lowest BCUT2D eigenvalue weighted by atomic mass is 10.0. The molecule has 110 valence electrons. The first-order valence-electron chi connectivity index (χ1n) is 6.49. The predicted molar refractivity (Wildman–Crippen MR) is 75.4 cm³/mol. The van der Waals surface area contributed by atoms with Crippen LogP contribution in [0.5, 0.6) is 0 Å². The van der Waals surface area contributed by atoms with Gasteiger partial charge in [0.15, 0.2) is 0 Å². The second kappa shape index (κ2) is 7.65. The average Bonchev–Trinajstić information content (AvgIpc) is 2.44. The van der Waals surface area contributed by atoms with E-state index in [9.17, 15) is 14.7 Å². The Kier molecular flexibility index (Phi) is 6.18. The number of likely N-dealkylation sites (N-methyl/N-ethyl adjacent to an activating group) is 1. The molecule has 0 aliphatic rings. The van der Waals surface area contributed by atoms with Crippen LogP contribution in [-0.2, 0) is 20.7 Å². The summed E-state index contributed by atoms with van der Waals surface area (Å²) in [5, 5.41) is 9.34. The number of nitrogens with zero attached hydrogens (tertiary/aromatic N) is 1. The summed E-state index contributed by atoms with van der Waals surface area (Å²) in [6.07, 6.45) is 0.290. The van der Waals surface area contributed by atoms with Crippen molar-refractivity contribution in [1.29, 1.82) is 0 Å². The minimum absolute atomic E-state index is 0.227. The van der Waals surface area contributed by atoms with E-state index < -0.39 is 12.0 Å². The van der Waals surface area contributed by atoms with E-state index in [-0.39, 0.29) is 24.9 Å². The van der Waals surface area contributed by atoms with Crippen LogP contribution in [0.2, 0.25) is 0 Å². The van der Waals surface area contributed by atoms with Crippen LogP contribution in [0.3, 0.4) is 0 Å². The minimum Gasteiger partial charge on any atom is -0.480 e. The van der Waals surface area contributed by atoms with Gasteiger partial charge >= 0.3 is 5.97 Å². The molecule has 2 unspecified atom stereocenters. The normalized spacial score (nSPS) is 13.6. The van der Waals surface area contributed by atoms with Crippen LogP contribution in [0.1, 0.15) is 12.5 Å². The molecule has 1 N–H and O–H groups in total. The van der Waals surface area contributed by atoms with Crippen LogP contribution in [0.25, 0.3) is 0 Å². The Hall–Kier alpha value is -1.88. The number of hydrogen-bond donors (Lipinski definition) is 1. The van der Waals surface area contributed by atoms with Crippen LogP contribution in [0, 0.1) is 5.92 Å². The molecule has 2 atom stereocenters. The maximum Gasteiger partial charge on any atom is 0.326 e. The number of carbonyl (C=O) groups excluding carboxylic acids is 1. The van der Waals surface area contributed by atoms with Crippen LogP contribution in [0.15, 0.2) is 30.3 Å². The molecule has 0 fully saturated rings. The van der Waals surface area contributed by atoms with Crippen molar-refractivity contribution in [3.63, 3.8) is 0 Å². The third-order valence-electron chi connectivity index (χ3n) is 3.21. The van der Waals surface area contributed by atoms with Crippen molar-refractivity contribution in [2.75, 3.05) is 20.8 Å². The molecule has 5 nitrogen and oxygen atoms in total. The van der Waals surface area contributed by atoms with Gasteiger partial charge in [0.2, 0.25) is 5.91 Å². The Balaban J connectivity index is 2.80. The van der Waals surface area contributed by atoms with Gasteiger partial charge in [-0.2, -0.15) is 0 Å².